The van der Waals surface area contributed by atoms with Crippen molar-refractivity contribution in [1.82, 2.24) is 14.9 Å². The molecule has 2 heterocycles. The van der Waals surface area contributed by atoms with E-state index in [-0.39, 0.29) is 5.91 Å². The standard InChI is InChI=1S/C11H13BrN4O2/c1-6-10(8(3)18-15-6)14-11(17)7(2)16-5-9(12)4-13-16/h4-5,7H,1-3H3,(H,14,17). The summed E-state index contributed by atoms with van der Waals surface area (Å²) in [4.78, 5) is 12.1. The number of nitrogens with zero attached hydrogens (tertiary/aromatic N) is 3. The molecule has 1 unspecified atom stereocenters. The molecular formula is C11H13BrN4O2. The van der Waals surface area contributed by atoms with Crippen LogP contribution < -0.4 is 5.32 Å². The van der Waals surface area contributed by atoms with Crippen molar-refractivity contribution in [1.29, 1.82) is 0 Å². The van der Waals surface area contributed by atoms with Crippen LogP contribution in [-0.2, 0) is 4.79 Å². The fourth-order valence-electron chi connectivity index (χ4n) is 1.54. The number of hydrogen-bond acceptors (Lipinski definition) is 4. The molecule has 96 valence electrons. The minimum absolute atomic E-state index is 0.167. The van der Waals surface area contributed by atoms with Gasteiger partial charge in [0.2, 0.25) is 5.91 Å². The van der Waals surface area contributed by atoms with Crippen LogP contribution in [0.4, 0.5) is 5.69 Å². The molecule has 1 atom stereocenters. The van der Waals surface area contributed by atoms with Crippen LogP contribution >= 0.6 is 15.9 Å². The molecule has 1 N–H and O–H groups in total. The summed E-state index contributed by atoms with van der Waals surface area (Å²) in [6.07, 6.45) is 3.39. The molecule has 1 amide bonds. The molecule has 18 heavy (non-hydrogen) atoms. The van der Waals surface area contributed by atoms with E-state index in [1.807, 2.05) is 0 Å². The summed E-state index contributed by atoms with van der Waals surface area (Å²) in [5.41, 5.74) is 1.28. The molecule has 0 radical (unpaired) electrons. The third-order valence-corrected chi connectivity index (χ3v) is 3.04. The highest BCUT2D eigenvalue weighted by atomic mass is 79.9. The number of halogens is 1. The van der Waals surface area contributed by atoms with E-state index in [0.29, 0.717) is 17.1 Å². The number of nitrogens with one attached hydrogen (secondary N) is 1. The van der Waals surface area contributed by atoms with Crippen molar-refractivity contribution in [3.05, 3.63) is 28.3 Å². The van der Waals surface area contributed by atoms with Gasteiger partial charge in [-0.3, -0.25) is 9.48 Å². The first-order valence-corrected chi connectivity index (χ1v) is 6.21. The van der Waals surface area contributed by atoms with Crippen LogP contribution in [0.5, 0.6) is 0 Å². The average Bonchev–Trinajstić information content (AvgIpc) is 2.89. The summed E-state index contributed by atoms with van der Waals surface area (Å²) in [6.45, 7) is 5.30. The Bertz CT molecular complexity index is 556. The quantitative estimate of drug-likeness (QED) is 0.944. The summed E-state index contributed by atoms with van der Waals surface area (Å²) in [7, 11) is 0. The van der Waals surface area contributed by atoms with Crippen LogP contribution in [0.2, 0.25) is 0 Å². The highest BCUT2D eigenvalue weighted by molar-refractivity contribution is 9.10. The van der Waals surface area contributed by atoms with Gasteiger partial charge in [-0.25, -0.2) is 0 Å². The summed E-state index contributed by atoms with van der Waals surface area (Å²) >= 11 is 3.29. The van der Waals surface area contributed by atoms with E-state index >= 15 is 0 Å². The number of aromatic nitrogens is 3. The van der Waals surface area contributed by atoms with E-state index in [9.17, 15) is 4.79 Å². The number of rotatable bonds is 3. The van der Waals surface area contributed by atoms with Gasteiger partial charge in [-0.1, -0.05) is 5.16 Å². The van der Waals surface area contributed by atoms with Crippen LogP contribution in [0.3, 0.4) is 0 Å². The van der Waals surface area contributed by atoms with Crippen molar-refractivity contribution in [2.45, 2.75) is 26.8 Å². The molecule has 2 aromatic rings. The number of aryl methyl sites for hydroxylation is 2. The van der Waals surface area contributed by atoms with Gasteiger partial charge in [0.05, 0.1) is 10.7 Å². The molecular weight excluding hydrogens is 300 g/mol. The molecule has 0 spiro atoms. The summed E-state index contributed by atoms with van der Waals surface area (Å²) < 4.78 is 7.40. The SMILES string of the molecule is Cc1noc(C)c1NC(=O)C(C)n1cc(Br)cn1. The summed E-state index contributed by atoms with van der Waals surface area (Å²) in [5.74, 6) is 0.426. The van der Waals surface area contributed by atoms with Gasteiger partial charge in [0.25, 0.3) is 0 Å². The predicted octanol–water partition coefficient (Wildman–Crippen LogP) is 2.45. The van der Waals surface area contributed by atoms with Gasteiger partial charge in [0.15, 0.2) is 5.76 Å². The maximum Gasteiger partial charge on any atom is 0.249 e. The first-order valence-electron chi connectivity index (χ1n) is 5.42. The first kappa shape index (κ1) is 12.8. The molecule has 0 saturated heterocycles. The van der Waals surface area contributed by atoms with E-state index in [2.05, 4.69) is 31.5 Å². The largest absolute Gasteiger partial charge is 0.359 e. The Balaban J connectivity index is 2.13. The van der Waals surface area contributed by atoms with Crippen molar-refractivity contribution in [3.63, 3.8) is 0 Å². The highest BCUT2D eigenvalue weighted by Crippen LogP contribution is 2.20. The van der Waals surface area contributed by atoms with E-state index in [1.54, 1.807) is 37.8 Å². The topological polar surface area (TPSA) is 73.0 Å². The van der Waals surface area contributed by atoms with Gasteiger partial charge in [-0.15, -0.1) is 0 Å². The molecule has 6 nitrogen and oxygen atoms in total. The lowest BCUT2D eigenvalue weighted by atomic mass is 10.2. The lowest BCUT2D eigenvalue weighted by molar-refractivity contribution is -0.119. The number of hydrogen-bond donors (Lipinski definition) is 1. The van der Waals surface area contributed by atoms with Crippen LogP contribution in [0.15, 0.2) is 21.4 Å². The number of amides is 1. The van der Waals surface area contributed by atoms with E-state index in [1.165, 1.54) is 0 Å². The lowest BCUT2D eigenvalue weighted by Crippen LogP contribution is -2.24. The van der Waals surface area contributed by atoms with Gasteiger partial charge >= 0.3 is 0 Å². The molecule has 0 aliphatic carbocycles. The minimum Gasteiger partial charge on any atom is -0.359 e. The van der Waals surface area contributed by atoms with Crippen molar-refractivity contribution in [2.24, 2.45) is 0 Å². The number of anilines is 1. The van der Waals surface area contributed by atoms with Crippen LogP contribution in [0.1, 0.15) is 24.4 Å². The molecule has 0 aromatic carbocycles. The van der Waals surface area contributed by atoms with Crippen LogP contribution in [-0.4, -0.2) is 20.8 Å². The molecule has 7 heteroatoms. The van der Waals surface area contributed by atoms with Crippen molar-refractivity contribution in [3.8, 4) is 0 Å². The second-order valence-electron chi connectivity index (χ2n) is 4.00. The molecule has 0 aliphatic rings. The fourth-order valence-corrected chi connectivity index (χ4v) is 1.84. The zero-order chi connectivity index (χ0) is 13.3. The Morgan fingerprint density at radius 3 is 2.78 bits per heavy atom. The van der Waals surface area contributed by atoms with Gasteiger partial charge in [-0.2, -0.15) is 5.10 Å². The smallest absolute Gasteiger partial charge is 0.249 e. The average molecular weight is 313 g/mol. The van der Waals surface area contributed by atoms with Gasteiger partial charge in [-0.05, 0) is 36.7 Å². The van der Waals surface area contributed by atoms with Gasteiger partial charge < -0.3 is 9.84 Å². The number of carbonyl (C=O) groups excluding carboxylic acids is 1. The first-order chi connectivity index (χ1) is 8.49. The Morgan fingerprint density at radius 1 is 1.56 bits per heavy atom. The molecule has 2 aromatic heterocycles. The van der Waals surface area contributed by atoms with E-state index in [4.69, 9.17) is 4.52 Å². The van der Waals surface area contributed by atoms with Crippen molar-refractivity contribution >= 4 is 27.5 Å². The molecule has 2 rings (SSSR count). The van der Waals surface area contributed by atoms with Gasteiger partial charge in [0.1, 0.15) is 17.4 Å². The minimum atomic E-state index is -0.412. The Hall–Kier alpha value is -1.63. The zero-order valence-corrected chi connectivity index (χ0v) is 11.9. The zero-order valence-electron chi connectivity index (χ0n) is 10.3. The fraction of sp³-hybridized carbons (Fsp3) is 0.364. The second kappa shape index (κ2) is 4.93. The number of carbonyl (C=O) groups is 1. The highest BCUT2D eigenvalue weighted by Gasteiger charge is 2.19. The maximum absolute atomic E-state index is 12.1. The maximum atomic E-state index is 12.1. The molecule has 0 aliphatic heterocycles. The Morgan fingerprint density at radius 2 is 2.28 bits per heavy atom. The summed E-state index contributed by atoms with van der Waals surface area (Å²) in [6, 6.07) is -0.412. The third-order valence-electron chi connectivity index (χ3n) is 2.63. The lowest BCUT2D eigenvalue weighted by Gasteiger charge is -2.12. The van der Waals surface area contributed by atoms with Gasteiger partial charge in [0, 0.05) is 6.20 Å². The van der Waals surface area contributed by atoms with Crippen molar-refractivity contribution < 1.29 is 9.32 Å². The van der Waals surface area contributed by atoms with Crippen LogP contribution in [0, 0.1) is 13.8 Å². The van der Waals surface area contributed by atoms with Crippen LogP contribution in [0.25, 0.3) is 0 Å². The predicted molar refractivity (Wildman–Crippen MR) is 69.2 cm³/mol. The van der Waals surface area contributed by atoms with E-state index in [0.717, 1.165) is 4.47 Å². The monoisotopic (exact) mass is 312 g/mol. The normalized spacial score (nSPS) is 12.4. The molecule has 0 fully saturated rings. The summed E-state index contributed by atoms with van der Waals surface area (Å²) in [5, 5.41) is 10.7. The Labute approximate surface area is 112 Å². The molecule has 0 bridgehead atoms. The second-order valence-corrected chi connectivity index (χ2v) is 4.92. The third kappa shape index (κ3) is 2.45. The van der Waals surface area contributed by atoms with E-state index < -0.39 is 6.04 Å². The Kier molecular flexibility index (Phi) is 3.51. The van der Waals surface area contributed by atoms with Crippen molar-refractivity contribution in [2.75, 3.05) is 5.32 Å². The molecule has 0 saturated carbocycles.